The number of ether oxygens (including phenoxy) is 1. The second-order valence-electron chi connectivity index (χ2n) is 5.87. The number of methoxy groups -OCH3 is 1. The Bertz CT molecular complexity index is 898. The molecule has 0 radical (unpaired) electrons. The fraction of sp³-hybridized carbons (Fsp3) is 0.200. The monoisotopic (exact) mass is 377 g/mol. The Morgan fingerprint density at radius 2 is 1.74 bits per heavy atom. The summed E-state index contributed by atoms with van der Waals surface area (Å²) in [4.78, 5) is 15.8. The zero-order valence-electron chi connectivity index (χ0n) is 15.0. The standard InChI is InChI=1S/C20H18F3NO3/c1-12-4-9-17(13(2)10-12)24-11-16(19(26)20(21,22)23)18(25)14-5-7-15(27-3)8-6-14/h4-11,25H,1-3H3/b18-16+,24-11?. The fourth-order valence-corrected chi connectivity index (χ4v) is 2.37. The average molecular weight is 377 g/mol. The number of hydrogen-bond acceptors (Lipinski definition) is 4. The predicted molar refractivity (Wildman–Crippen MR) is 97.7 cm³/mol. The minimum absolute atomic E-state index is 0.0375. The Kier molecular flexibility index (Phi) is 6.05. The van der Waals surface area contributed by atoms with Crippen LogP contribution in [0.4, 0.5) is 18.9 Å². The van der Waals surface area contributed by atoms with E-state index >= 15 is 0 Å². The maximum absolute atomic E-state index is 13.0. The molecule has 2 aromatic carbocycles. The van der Waals surface area contributed by atoms with Crippen LogP contribution in [0.5, 0.6) is 5.75 Å². The molecule has 1 N–H and O–H groups in total. The lowest BCUT2D eigenvalue weighted by atomic mass is 10.0. The molecule has 0 unspecified atom stereocenters. The molecule has 0 saturated carbocycles. The Morgan fingerprint density at radius 1 is 1.11 bits per heavy atom. The van der Waals surface area contributed by atoms with Crippen molar-refractivity contribution in [3.8, 4) is 5.75 Å². The lowest BCUT2D eigenvalue weighted by Crippen LogP contribution is -2.26. The number of ketones is 1. The zero-order chi connectivity index (χ0) is 20.2. The van der Waals surface area contributed by atoms with Gasteiger partial charge in [0.1, 0.15) is 11.5 Å². The number of Topliss-reactive ketones (excluding diaryl/α,β-unsaturated/α-hetero) is 1. The van der Waals surface area contributed by atoms with Crippen molar-refractivity contribution in [1.29, 1.82) is 0 Å². The average Bonchev–Trinajstić information content (AvgIpc) is 2.62. The first-order valence-corrected chi connectivity index (χ1v) is 7.94. The van der Waals surface area contributed by atoms with E-state index in [1.54, 1.807) is 19.1 Å². The summed E-state index contributed by atoms with van der Waals surface area (Å²) < 4.78 is 43.9. The Labute approximate surface area is 154 Å². The van der Waals surface area contributed by atoms with Crippen LogP contribution in [-0.2, 0) is 4.79 Å². The molecule has 0 atom stereocenters. The third kappa shape index (κ3) is 4.97. The number of alkyl halides is 3. The smallest absolute Gasteiger partial charge is 0.455 e. The molecule has 0 saturated heterocycles. The van der Waals surface area contributed by atoms with Crippen LogP contribution in [0.1, 0.15) is 16.7 Å². The van der Waals surface area contributed by atoms with Gasteiger partial charge in [0.15, 0.2) is 0 Å². The van der Waals surface area contributed by atoms with Gasteiger partial charge in [-0.15, -0.1) is 0 Å². The summed E-state index contributed by atoms with van der Waals surface area (Å²) in [6.07, 6.45) is -4.41. The lowest BCUT2D eigenvalue weighted by molar-refractivity contribution is -0.165. The first-order chi connectivity index (χ1) is 12.6. The second kappa shape index (κ2) is 8.07. The number of halogens is 3. The zero-order valence-corrected chi connectivity index (χ0v) is 15.0. The van der Waals surface area contributed by atoms with Crippen LogP contribution in [0.2, 0.25) is 0 Å². The van der Waals surface area contributed by atoms with Crippen LogP contribution in [-0.4, -0.2) is 30.4 Å². The molecular formula is C20H18F3NO3. The number of aryl methyl sites for hydroxylation is 2. The van der Waals surface area contributed by atoms with Crippen LogP contribution >= 0.6 is 0 Å². The minimum Gasteiger partial charge on any atom is -0.506 e. The molecule has 7 heteroatoms. The van der Waals surface area contributed by atoms with Crippen LogP contribution in [0.15, 0.2) is 53.0 Å². The molecule has 2 aromatic rings. The molecule has 27 heavy (non-hydrogen) atoms. The summed E-state index contributed by atoms with van der Waals surface area (Å²) in [5.41, 5.74) is 1.20. The van der Waals surface area contributed by atoms with Crippen LogP contribution in [0.25, 0.3) is 5.76 Å². The van der Waals surface area contributed by atoms with Crippen molar-refractivity contribution in [3.05, 3.63) is 64.7 Å². The quantitative estimate of drug-likeness (QED) is 0.447. The van der Waals surface area contributed by atoms with Crippen LogP contribution in [0, 0.1) is 13.8 Å². The number of aliphatic hydroxyl groups is 1. The van der Waals surface area contributed by atoms with E-state index in [0.29, 0.717) is 11.4 Å². The largest absolute Gasteiger partial charge is 0.506 e. The fourth-order valence-electron chi connectivity index (χ4n) is 2.37. The number of rotatable bonds is 5. The van der Waals surface area contributed by atoms with E-state index in [1.165, 1.54) is 31.4 Å². The van der Waals surface area contributed by atoms with E-state index in [0.717, 1.165) is 17.3 Å². The van der Waals surface area contributed by atoms with Crippen molar-refractivity contribution >= 4 is 23.4 Å². The molecule has 0 aromatic heterocycles. The number of hydrogen-bond donors (Lipinski definition) is 1. The Hall–Kier alpha value is -3.09. The third-order valence-electron chi connectivity index (χ3n) is 3.81. The van der Waals surface area contributed by atoms with Gasteiger partial charge < -0.3 is 9.84 Å². The van der Waals surface area contributed by atoms with Gasteiger partial charge in [-0.2, -0.15) is 13.2 Å². The van der Waals surface area contributed by atoms with Gasteiger partial charge in [0, 0.05) is 11.8 Å². The molecule has 4 nitrogen and oxygen atoms in total. The number of nitrogens with zero attached hydrogens (tertiary/aromatic N) is 1. The Morgan fingerprint density at radius 3 is 2.26 bits per heavy atom. The van der Waals surface area contributed by atoms with Gasteiger partial charge in [-0.25, -0.2) is 0 Å². The van der Waals surface area contributed by atoms with Crippen LogP contribution < -0.4 is 4.74 Å². The van der Waals surface area contributed by atoms with Crippen molar-refractivity contribution in [3.63, 3.8) is 0 Å². The van der Waals surface area contributed by atoms with Gasteiger partial charge in [-0.3, -0.25) is 9.79 Å². The molecule has 142 valence electrons. The Balaban J connectivity index is 2.53. The van der Waals surface area contributed by atoms with E-state index in [-0.39, 0.29) is 5.56 Å². The molecule has 0 heterocycles. The first kappa shape index (κ1) is 20.2. The van der Waals surface area contributed by atoms with E-state index in [4.69, 9.17) is 4.74 Å². The normalized spacial score (nSPS) is 12.8. The molecule has 0 aliphatic heterocycles. The van der Waals surface area contributed by atoms with Gasteiger partial charge in [-0.1, -0.05) is 17.7 Å². The predicted octanol–water partition coefficient (Wildman–Crippen LogP) is 5.12. The molecule has 0 aliphatic carbocycles. The highest BCUT2D eigenvalue weighted by Crippen LogP contribution is 2.27. The van der Waals surface area contributed by atoms with Gasteiger partial charge in [0.25, 0.3) is 5.78 Å². The van der Waals surface area contributed by atoms with Crippen molar-refractivity contribution in [2.24, 2.45) is 4.99 Å². The van der Waals surface area contributed by atoms with Gasteiger partial charge in [-0.05, 0) is 49.7 Å². The number of carbonyl (C=O) groups excluding carboxylic acids is 1. The molecule has 0 spiro atoms. The molecule has 0 fully saturated rings. The lowest BCUT2D eigenvalue weighted by Gasteiger charge is -2.10. The summed E-state index contributed by atoms with van der Waals surface area (Å²) in [5, 5.41) is 10.3. The van der Waals surface area contributed by atoms with E-state index in [1.807, 2.05) is 13.0 Å². The van der Waals surface area contributed by atoms with Gasteiger partial charge in [0.2, 0.25) is 0 Å². The molecule has 0 bridgehead atoms. The maximum atomic E-state index is 13.0. The number of allylic oxidation sites excluding steroid dienone is 1. The highest BCUT2D eigenvalue weighted by atomic mass is 19.4. The SMILES string of the molecule is COc1ccc(/C(O)=C(/C=Nc2ccc(C)cc2C)C(=O)C(F)(F)F)cc1. The topological polar surface area (TPSA) is 58.9 Å². The maximum Gasteiger partial charge on any atom is 0.455 e. The minimum atomic E-state index is -5.15. The molecular weight excluding hydrogens is 359 g/mol. The highest BCUT2D eigenvalue weighted by molar-refractivity contribution is 6.20. The molecule has 0 aliphatic rings. The molecule has 0 amide bonds. The summed E-state index contributed by atoms with van der Waals surface area (Å²) in [6.45, 7) is 3.62. The summed E-state index contributed by atoms with van der Waals surface area (Å²) in [6, 6.07) is 10.8. The number of benzene rings is 2. The molecule has 2 rings (SSSR count). The summed E-state index contributed by atoms with van der Waals surface area (Å²) >= 11 is 0. The summed E-state index contributed by atoms with van der Waals surface area (Å²) in [5.74, 6) is -2.53. The van der Waals surface area contributed by atoms with Crippen molar-refractivity contribution in [2.75, 3.05) is 7.11 Å². The number of carbonyl (C=O) groups is 1. The van der Waals surface area contributed by atoms with E-state index in [2.05, 4.69) is 4.99 Å². The van der Waals surface area contributed by atoms with Crippen molar-refractivity contribution in [2.45, 2.75) is 20.0 Å². The van der Waals surface area contributed by atoms with Gasteiger partial charge in [0.05, 0.1) is 18.4 Å². The first-order valence-electron chi connectivity index (χ1n) is 7.94. The van der Waals surface area contributed by atoms with E-state index in [9.17, 15) is 23.1 Å². The third-order valence-corrected chi connectivity index (χ3v) is 3.81. The van der Waals surface area contributed by atoms with E-state index < -0.39 is 23.3 Å². The highest BCUT2D eigenvalue weighted by Gasteiger charge is 2.41. The number of aliphatic imine (C=N–C) groups is 1. The van der Waals surface area contributed by atoms with Crippen molar-refractivity contribution < 1.29 is 27.8 Å². The van der Waals surface area contributed by atoms with Crippen LogP contribution in [0.3, 0.4) is 0 Å². The second-order valence-corrected chi connectivity index (χ2v) is 5.87. The van der Waals surface area contributed by atoms with Gasteiger partial charge >= 0.3 is 6.18 Å². The summed E-state index contributed by atoms with van der Waals surface area (Å²) in [7, 11) is 1.43. The number of aliphatic hydroxyl groups excluding tert-OH is 1. The van der Waals surface area contributed by atoms with Crippen molar-refractivity contribution in [1.82, 2.24) is 0 Å².